The minimum Gasteiger partial charge on any atom is -0.466 e. The number of aromatic nitrogens is 4. The van der Waals surface area contributed by atoms with Crippen molar-refractivity contribution < 1.29 is 8.83 Å². The lowest BCUT2D eigenvalue weighted by Crippen LogP contribution is -1.92. The minimum absolute atomic E-state index is 1.05. The molecule has 0 atom stereocenters. The first-order valence-corrected chi connectivity index (χ1v) is 20.5. The fourth-order valence-corrected chi connectivity index (χ4v) is 7.55. The van der Waals surface area contributed by atoms with Gasteiger partial charge in [0.1, 0.15) is 23.0 Å². The van der Waals surface area contributed by atoms with E-state index in [4.69, 9.17) is 8.83 Å². The summed E-state index contributed by atoms with van der Waals surface area (Å²) in [7, 11) is 3.94. The maximum atomic E-state index is 5.34. The van der Waals surface area contributed by atoms with Crippen LogP contribution in [0.3, 0.4) is 0 Å². The van der Waals surface area contributed by atoms with Gasteiger partial charge in [-0.25, -0.2) is 0 Å². The van der Waals surface area contributed by atoms with E-state index in [1.54, 1.807) is 0 Å². The second-order valence-corrected chi connectivity index (χ2v) is 17.6. The molecule has 300 valence electrons. The summed E-state index contributed by atoms with van der Waals surface area (Å²) in [6.45, 7) is 46.2. The van der Waals surface area contributed by atoms with Gasteiger partial charge >= 0.3 is 0 Å². The van der Waals surface area contributed by atoms with Gasteiger partial charge in [-0.3, -0.25) is 9.36 Å². The van der Waals surface area contributed by atoms with Crippen molar-refractivity contribution in [3.8, 4) is 0 Å². The number of hydrogen-bond acceptors (Lipinski definition) is 6. The Balaban J connectivity index is 0.000000324. The van der Waals surface area contributed by atoms with Crippen molar-refractivity contribution in [2.45, 2.75) is 152 Å². The van der Waals surface area contributed by atoms with E-state index in [1.807, 2.05) is 87.7 Å². The molecule has 6 rings (SSSR count). The molecule has 0 amide bonds. The van der Waals surface area contributed by atoms with Gasteiger partial charge in [0, 0.05) is 45.0 Å². The smallest absolute Gasteiger partial charge is 0.104 e. The minimum atomic E-state index is 1.05. The Morgan fingerprint density at radius 1 is 0.315 bits per heavy atom. The van der Waals surface area contributed by atoms with E-state index < -0.39 is 0 Å². The SMILES string of the molecule is Cc1nn(C)c(C)c1C.Cc1nn(C)c(C)c1C.Cc1oc(C)c(C)c1C.Cc1oc(C)c(C)c1C.Cc1sc(C)c(C)c1C.Cc1sc(C)c(C)c1C. The molecule has 8 heteroatoms. The van der Waals surface area contributed by atoms with Crippen LogP contribution in [0.5, 0.6) is 0 Å². The van der Waals surface area contributed by atoms with E-state index in [1.165, 1.54) is 86.5 Å². The van der Waals surface area contributed by atoms with Crippen molar-refractivity contribution in [2.24, 2.45) is 14.1 Å². The first-order chi connectivity index (χ1) is 24.8. The molecule has 6 aromatic rings. The standard InChI is InChI=1S/2C8H12O.2C8H12S.2C7H12N2/c4*1-5-6(2)8(4)9-7(5)3;2*1-5-6(2)8-9(4)7(5)3/h6*1-4H3. The zero-order chi connectivity index (χ0) is 42.1. The first-order valence-electron chi connectivity index (χ1n) is 18.8. The third-order valence-electron chi connectivity index (χ3n) is 11.4. The van der Waals surface area contributed by atoms with E-state index in [2.05, 4.69) is 121 Å². The first kappa shape index (κ1) is 48.4. The zero-order valence-electron chi connectivity index (χ0n) is 38.4. The normalized spacial score (nSPS) is 10.2. The Labute approximate surface area is 337 Å². The van der Waals surface area contributed by atoms with Crippen LogP contribution in [0.25, 0.3) is 0 Å². The highest BCUT2D eigenvalue weighted by Crippen LogP contribution is 2.26. The van der Waals surface area contributed by atoms with Crippen LogP contribution in [0.1, 0.15) is 121 Å². The molecule has 6 heterocycles. The molecule has 0 aliphatic rings. The van der Waals surface area contributed by atoms with Gasteiger partial charge in [0.25, 0.3) is 0 Å². The van der Waals surface area contributed by atoms with Crippen LogP contribution in [0.15, 0.2) is 8.83 Å². The predicted octanol–water partition coefficient (Wildman–Crippen LogP) is 13.7. The fourth-order valence-electron chi connectivity index (χ4n) is 5.40. The van der Waals surface area contributed by atoms with Crippen LogP contribution in [-0.4, -0.2) is 19.6 Å². The summed E-state index contributed by atoms with van der Waals surface area (Å²) in [6.07, 6.45) is 0. The number of thiophene rings is 2. The average Bonchev–Trinajstić information content (AvgIpc) is 3.80. The summed E-state index contributed by atoms with van der Waals surface area (Å²) in [5.74, 6) is 4.19. The molecular formula is C46H72N4O2S2. The largest absolute Gasteiger partial charge is 0.466 e. The zero-order valence-corrected chi connectivity index (χ0v) is 40.1. The van der Waals surface area contributed by atoms with Crippen molar-refractivity contribution >= 4 is 22.7 Å². The fraction of sp³-hybridized carbons (Fsp3) is 0.522. The molecule has 0 aliphatic heterocycles. The molecule has 0 aliphatic carbocycles. The highest BCUT2D eigenvalue weighted by Gasteiger charge is 2.06. The van der Waals surface area contributed by atoms with E-state index in [0.29, 0.717) is 0 Å². The highest BCUT2D eigenvalue weighted by atomic mass is 32.1. The number of nitrogens with zero attached hydrogens (tertiary/aromatic N) is 4. The van der Waals surface area contributed by atoms with Gasteiger partial charge in [0.2, 0.25) is 0 Å². The summed E-state index contributed by atoms with van der Waals surface area (Å²) in [5, 5.41) is 8.45. The Morgan fingerprint density at radius 2 is 0.519 bits per heavy atom. The number of aryl methyl sites for hydroxylation is 12. The quantitative estimate of drug-likeness (QED) is 0.154. The molecule has 0 saturated heterocycles. The van der Waals surface area contributed by atoms with E-state index in [9.17, 15) is 0 Å². The lowest BCUT2D eigenvalue weighted by Gasteiger charge is -1.90. The van der Waals surface area contributed by atoms with Crippen molar-refractivity contribution in [3.63, 3.8) is 0 Å². The monoisotopic (exact) mass is 777 g/mol. The summed E-state index contributed by atoms with van der Waals surface area (Å²) < 4.78 is 14.5. The maximum Gasteiger partial charge on any atom is 0.104 e. The molecule has 0 fully saturated rings. The van der Waals surface area contributed by atoms with Gasteiger partial charge in [0.15, 0.2) is 0 Å². The molecule has 0 aromatic carbocycles. The van der Waals surface area contributed by atoms with Crippen LogP contribution in [0.2, 0.25) is 0 Å². The summed E-state index contributed by atoms with van der Waals surface area (Å²) >= 11 is 3.79. The predicted molar refractivity (Wildman–Crippen MR) is 237 cm³/mol. The molecular weight excluding hydrogens is 705 g/mol. The number of furan rings is 2. The molecule has 6 aromatic heterocycles. The molecule has 0 N–H and O–H groups in total. The summed E-state index contributed by atoms with van der Waals surface area (Å²) in [4.78, 5) is 5.85. The second kappa shape index (κ2) is 20.9. The summed E-state index contributed by atoms with van der Waals surface area (Å²) in [5.41, 5.74) is 18.4. The van der Waals surface area contributed by atoms with Crippen LogP contribution >= 0.6 is 22.7 Å². The second-order valence-electron chi connectivity index (χ2n) is 14.7. The maximum absolute atomic E-state index is 5.34. The van der Waals surface area contributed by atoms with Gasteiger partial charge in [-0.05, 0) is 208 Å². The van der Waals surface area contributed by atoms with Crippen LogP contribution < -0.4 is 0 Å². The lowest BCUT2D eigenvalue weighted by atomic mass is 10.2. The van der Waals surface area contributed by atoms with Crippen LogP contribution in [0, 0.1) is 152 Å². The van der Waals surface area contributed by atoms with Crippen LogP contribution in [-0.2, 0) is 14.1 Å². The topological polar surface area (TPSA) is 61.9 Å². The lowest BCUT2D eigenvalue weighted by molar-refractivity contribution is 0.500. The molecule has 0 unspecified atom stereocenters. The molecule has 0 radical (unpaired) electrons. The van der Waals surface area contributed by atoms with Crippen molar-refractivity contribution in [2.75, 3.05) is 0 Å². The molecule has 0 saturated carbocycles. The van der Waals surface area contributed by atoms with Gasteiger partial charge in [-0.1, -0.05) is 0 Å². The van der Waals surface area contributed by atoms with Gasteiger partial charge in [-0.2, -0.15) is 10.2 Å². The third kappa shape index (κ3) is 12.7. The average molecular weight is 777 g/mol. The Kier molecular flexibility index (Phi) is 18.7. The molecule has 0 spiro atoms. The highest BCUT2D eigenvalue weighted by molar-refractivity contribution is 7.12. The molecule has 6 nitrogen and oxygen atoms in total. The van der Waals surface area contributed by atoms with Gasteiger partial charge < -0.3 is 8.83 Å². The molecule has 54 heavy (non-hydrogen) atoms. The van der Waals surface area contributed by atoms with E-state index >= 15 is 0 Å². The Morgan fingerprint density at radius 3 is 0.574 bits per heavy atom. The third-order valence-corrected chi connectivity index (χ3v) is 13.9. The Bertz CT molecular complexity index is 1600. The molecule has 0 bridgehead atoms. The van der Waals surface area contributed by atoms with Crippen molar-refractivity contribution in [1.82, 2.24) is 19.6 Å². The van der Waals surface area contributed by atoms with Gasteiger partial charge in [0.05, 0.1) is 11.4 Å². The van der Waals surface area contributed by atoms with Crippen LogP contribution in [0.4, 0.5) is 0 Å². The van der Waals surface area contributed by atoms with Crippen molar-refractivity contribution in [1.29, 1.82) is 0 Å². The number of hydrogen-bond donors (Lipinski definition) is 0. The Hall–Kier alpha value is -3.62. The van der Waals surface area contributed by atoms with E-state index in [-0.39, 0.29) is 0 Å². The number of rotatable bonds is 0. The van der Waals surface area contributed by atoms with E-state index in [0.717, 1.165) is 34.4 Å². The van der Waals surface area contributed by atoms with Crippen molar-refractivity contribution in [3.05, 3.63) is 121 Å². The van der Waals surface area contributed by atoms with Gasteiger partial charge in [-0.15, -0.1) is 22.7 Å². The summed E-state index contributed by atoms with van der Waals surface area (Å²) in [6, 6.07) is 0.